The molecule has 0 bridgehead atoms. The minimum Gasteiger partial charge on any atom is -0.507 e. The number of phenolic OH excluding ortho intramolecular Hbond substituents is 1. The summed E-state index contributed by atoms with van der Waals surface area (Å²) in [6.07, 6.45) is 1.05. The maximum atomic E-state index is 10.4. The summed E-state index contributed by atoms with van der Waals surface area (Å²) in [5.74, 6) is 0.265. The van der Waals surface area contributed by atoms with Crippen molar-refractivity contribution in [1.29, 1.82) is 0 Å². The highest BCUT2D eigenvalue weighted by Gasteiger charge is 2.28. The SMILES string of the molecule is CC(C)(C)CC(C)(C)c1ccc(O)c(-c2cccc3n[nH]nc23)c1.Clc1ccc2n[nH]nc2c1. The molecule has 0 fully saturated rings. The van der Waals surface area contributed by atoms with Gasteiger partial charge in [-0.2, -0.15) is 30.8 Å². The van der Waals surface area contributed by atoms with Crippen LogP contribution in [0.15, 0.2) is 54.6 Å². The summed E-state index contributed by atoms with van der Waals surface area (Å²) in [6.45, 7) is 11.3. The van der Waals surface area contributed by atoms with Crippen molar-refractivity contribution in [3.8, 4) is 16.9 Å². The number of hydrogen-bond acceptors (Lipinski definition) is 5. The molecule has 7 nitrogen and oxygen atoms in total. The van der Waals surface area contributed by atoms with Crippen LogP contribution in [-0.4, -0.2) is 35.9 Å². The fourth-order valence-corrected chi connectivity index (χ4v) is 4.67. The molecule has 5 aromatic rings. The van der Waals surface area contributed by atoms with Crippen LogP contribution in [0.4, 0.5) is 0 Å². The Balaban J connectivity index is 0.000000226. The van der Waals surface area contributed by atoms with Crippen molar-refractivity contribution < 1.29 is 5.11 Å². The van der Waals surface area contributed by atoms with Gasteiger partial charge >= 0.3 is 0 Å². The molecule has 3 N–H and O–H groups in total. The van der Waals surface area contributed by atoms with E-state index in [0.717, 1.165) is 39.6 Å². The van der Waals surface area contributed by atoms with Crippen LogP contribution in [0, 0.1) is 5.41 Å². The molecule has 0 saturated carbocycles. The molecule has 8 heteroatoms. The van der Waals surface area contributed by atoms with Gasteiger partial charge in [0.25, 0.3) is 0 Å². The molecular weight excluding hydrogens is 448 g/mol. The number of benzene rings is 3. The van der Waals surface area contributed by atoms with Crippen LogP contribution in [0.1, 0.15) is 46.6 Å². The molecule has 2 heterocycles. The number of phenols is 1. The van der Waals surface area contributed by atoms with Gasteiger partial charge in [-0.05, 0) is 59.2 Å². The van der Waals surface area contributed by atoms with Gasteiger partial charge in [-0.1, -0.05) is 64.4 Å². The molecular formula is C26H29ClN6O. The third-order valence-corrected chi connectivity index (χ3v) is 5.90. The number of H-pyrrole nitrogens is 2. The Morgan fingerprint density at radius 3 is 2.24 bits per heavy atom. The van der Waals surface area contributed by atoms with Crippen LogP contribution in [0.25, 0.3) is 33.2 Å². The Morgan fingerprint density at radius 1 is 0.765 bits per heavy atom. The minimum atomic E-state index is 0.0123. The second-order valence-corrected chi connectivity index (χ2v) is 10.7. The molecule has 2 aromatic heterocycles. The van der Waals surface area contributed by atoms with Crippen LogP contribution < -0.4 is 0 Å². The predicted molar refractivity (Wildman–Crippen MR) is 137 cm³/mol. The smallest absolute Gasteiger partial charge is 0.123 e. The second kappa shape index (κ2) is 9.06. The highest BCUT2D eigenvalue weighted by molar-refractivity contribution is 6.31. The lowest BCUT2D eigenvalue weighted by Crippen LogP contribution is -2.24. The summed E-state index contributed by atoms with van der Waals surface area (Å²) in [4.78, 5) is 0. The quantitative estimate of drug-likeness (QED) is 0.270. The number of aromatic nitrogens is 6. The van der Waals surface area contributed by atoms with Gasteiger partial charge < -0.3 is 5.11 Å². The normalized spacial score (nSPS) is 12.1. The van der Waals surface area contributed by atoms with Crippen LogP contribution in [0.5, 0.6) is 5.75 Å². The monoisotopic (exact) mass is 476 g/mol. The molecule has 0 aliphatic rings. The summed E-state index contributed by atoms with van der Waals surface area (Å²) in [5, 5.41) is 32.4. The van der Waals surface area contributed by atoms with E-state index in [0.29, 0.717) is 5.02 Å². The number of para-hydroxylation sites is 1. The van der Waals surface area contributed by atoms with E-state index in [2.05, 4.69) is 71.5 Å². The van der Waals surface area contributed by atoms with Crippen molar-refractivity contribution in [1.82, 2.24) is 30.8 Å². The molecule has 34 heavy (non-hydrogen) atoms. The van der Waals surface area contributed by atoms with Gasteiger partial charge in [-0.25, -0.2) is 0 Å². The van der Waals surface area contributed by atoms with Crippen LogP contribution >= 0.6 is 11.6 Å². The first kappa shape index (κ1) is 23.7. The molecule has 0 aliphatic carbocycles. The highest BCUT2D eigenvalue weighted by atomic mass is 35.5. The number of aromatic amines is 2. The van der Waals surface area contributed by atoms with Gasteiger partial charge in [0.2, 0.25) is 0 Å². The number of fused-ring (bicyclic) bond motifs is 2. The summed E-state index contributed by atoms with van der Waals surface area (Å²) in [5.41, 5.74) is 6.36. The molecule has 0 atom stereocenters. The molecule has 176 valence electrons. The largest absolute Gasteiger partial charge is 0.507 e. The molecule has 3 aromatic carbocycles. The number of rotatable bonds is 3. The zero-order chi connectivity index (χ0) is 24.5. The molecule has 0 aliphatic heterocycles. The Hall–Kier alpha value is -3.45. The first-order valence-electron chi connectivity index (χ1n) is 11.1. The Labute approximate surface area is 203 Å². The van der Waals surface area contributed by atoms with E-state index in [1.54, 1.807) is 18.2 Å². The maximum Gasteiger partial charge on any atom is 0.123 e. The van der Waals surface area contributed by atoms with Crippen LogP contribution in [0.3, 0.4) is 0 Å². The van der Waals surface area contributed by atoms with Gasteiger partial charge in [0, 0.05) is 16.1 Å². The Kier molecular flexibility index (Phi) is 6.32. The predicted octanol–water partition coefficient (Wildman–Crippen LogP) is 6.66. The lowest BCUT2D eigenvalue weighted by atomic mass is 9.72. The molecule has 0 amide bonds. The second-order valence-electron chi connectivity index (χ2n) is 10.3. The van der Waals surface area contributed by atoms with E-state index in [1.165, 1.54) is 5.56 Å². The number of nitrogens with one attached hydrogen (secondary N) is 2. The zero-order valence-corrected chi connectivity index (χ0v) is 20.8. The van der Waals surface area contributed by atoms with Crippen molar-refractivity contribution in [3.63, 3.8) is 0 Å². The fourth-order valence-electron chi connectivity index (χ4n) is 4.50. The number of hydrogen-bond donors (Lipinski definition) is 3. The Bertz CT molecular complexity index is 1430. The molecule has 0 spiro atoms. The summed E-state index contributed by atoms with van der Waals surface area (Å²) >= 11 is 5.69. The zero-order valence-electron chi connectivity index (χ0n) is 20.0. The Morgan fingerprint density at radius 2 is 1.47 bits per heavy atom. The lowest BCUT2D eigenvalue weighted by Gasteiger charge is -2.33. The van der Waals surface area contributed by atoms with Gasteiger partial charge in [0.1, 0.15) is 27.8 Å². The van der Waals surface area contributed by atoms with Crippen molar-refractivity contribution in [3.05, 3.63) is 65.2 Å². The van der Waals surface area contributed by atoms with E-state index < -0.39 is 0 Å². The van der Waals surface area contributed by atoms with Gasteiger partial charge in [-0.15, -0.1) is 0 Å². The first-order chi connectivity index (χ1) is 16.0. The topological polar surface area (TPSA) is 103 Å². The van der Waals surface area contributed by atoms with E-state index in [1.807, 2.05) is 30.3 Å². The molecule has 0 radical (unpaired) electrons. The van der Waals surface area contributed by atoms with Crippen molar-refractivity contribution in [2.45, 2.75) is 46.5 Å². The van der Waals surface area contributed by atoms with Crippen molar-refractivity contribution in [2.75, 3.05) is 0 Å². The highest BCUT2D eigenvalue weighted by Crippen LogP contribution is 2.40. The molecule has 0 saturated heterocycles. The fraction of sp³-hybridized carbons (Fsp3) is 0.308. The first-order valence-corrected chi connectivity index (χ1v) is 11.5. The maximum absolute atomic E-state index is 10.4. The third-order valence-electron chi connectivity index (χ3n) is 5.67. The van der Waals surface area contributed by atoms with Gasteiger partial charge in [-0.3, -0.25) is 0 Å². The number of nitrogens with zero attached hydrogens (tertiary/aromatic N) is 4. The average molecular weight is 477 g/mol. The number of halogens is 1. The lowest BCUT2D eigenvalue weighted by molar-refractivity contribution is 0.284. The van der Waals surface area contributed by atoms with Gasteiger partial charge in [0.15, 0.2) is 0 Å². The van der Waals surface area contributed by atoms with E-state index in [9.17, 15) is 5.11 Å². The van der Waals surface area contributed by atoms with Crippen LogP contribution in [-0.2, 0) is 5.41 Å². The summed E-state index contributed by atoms with van der Waals surface area (Å²) < 4.78 is 0. The minimum absolute atomic E-state index is 0.0123. The number of aromatic hydroxyl groups is 1. The van der Waals surface area contributed by atoms with Crippen molar-refractivity contribution >= 4 is 33.7 Å². The van der Waals surface area contributed by atoms with Gasteiger partial charge in [0.05, 0.1) is 0 Å². The summed E-state index contributed by atoms with van der Waals surface area (Å²) in [6, 6.07) is 17.1. The van der Waals surface area contributed by atoms with Crippen molar-refractivity contribution in [2.24, 2.45) is 5.41 Å². The van der Waals surface area contributed by atoms with E-state index in [4.69, 9.17) is 11.6 Å². The molecule has 0 unspecified atom stereocenters. The summed E-state index contributed by atoms with van der Waals surface area (Å²) in [7, 11) is 0. The molecule has 5 rings (SSSR count). The van der Waals surface area contributed by atoms with E-state index in [-0.39, 0.29) is 16.6 Å². The third kappa shape index (κ3) is 5.20. The average Bonchev–Trinajstić information content (AvgIpc) is 3.41. The standard InChI is InChI=1S/C20H25N3O.C6H4ClN3/c1-19(2,3)12-20(4,5)13-9-10-17(24)15(11-13)14-7-6-8-16-18(14)22-23-21-16;7-4-1-2-5-6(3-4)9-10-8-5/h6-11,24H,12H2,1-5H3,(H,21,22,23);1-3H,(H,8,9,10). The van der Waals surface area contributed by atoms with Crippen LogP contribution in [0.2, 0.25) is 5.02 Å². The van der Waals surface area contributed by atoms with E-state index >= 15 is 0 Å².